The summed E-state index contributed by atoms with van der Waals surface area (Å²) in [6.45, 7) is 0.204. The summed E-state index contributed by atoms with van der Waals surface area (Å²) in [4.78, 5) is 22.6. The fourth-order valence-corrected chi connectivity index (χ4v) is 1.97. The largest absolute Gasteiger partial charge is 0.445 e. The molecule has 2 rings (SSSR count). The van der Waals surface area contributed by atoms with E-state index in [1.807, 2.05) is 60.7 Å². The molecule has 4 nitrogen and oxygen atoms in total. The minimum Gasteiger partial charge on any atom is -0.445 e. The first kappa shape index (κ1) is 14.8. The number of alkyl carbamates (subject to hydrolysis) is 1. The summed E-state index contributed by atoms with van der Waals surface area (Å²) in [5, 5.41) is 2.71. The van der Waals surface area contributed by atoms with Crippen molar-refractivity contribution in [2.75, 3.05) is 0 Å². The maximum Gasteiger partial charge on any atom is 0.407 e. The van der Waals surface area contributed by atoms with Crippen LogP contribution in [-0.2, 0) is 16.1 Å². The molecule has 21 heavy (non-hydrogen) atoms. The number of hydrogen-bond donors (Lipinski definition) is 1. The summed E-state index contributed by atoms with van der Waals surface area (Å²) in [5.41, 5.74) is 1.79. The molecule has 0 fully saturated rings. The quantitative estimate of drug-likeness (QED) is 0.828. The Morgan fingerprint density at radius 3 is 2.29 bits per heavy atom. The molecule has 2 aromatic carbocycles. The van der Waals surface area contributed by atoms with Crippen LogP contribution < -0.4 is 5.32 Å². The maximum absolute atomic E-state index is 11.8. The van der Waals surface area contributed by atoms with E-state index >= 15 is 0 Å². The molecule has 1 amide bonds. The molecule has 108 valence electrons. The van der Waals surface area contributed by atoms with Gasteiger partial charge in [0.05, 0.1) is 6.04 Å². The van der Waals surface area contributed by atoms with Gasteiger partial charge in [-0.2, -0.15) is 0 Å². The first-order chi connectivity index (χ1) is 10.3. The Morgan fingerprint density at radius 1 is 1.05 bits per heavy atom. The van der Waals surface area contributed by atoms with E-state index in [-0.39, 0.29) is 19.1 Å². The maximum atomic E-state index is 11.8. The van der Waals surface area contributed by atoms with E-state index < -0.39 is 6.09 Å². The number of amides is 1. The Labute approximate surface area is 123 Å². The molecule has 0 aliphatic heterocycles. The summed E-state index contributed by atoms with van der Waals surface area (Å²) in [5.74, 6) is 0. The second-order valence-electron chi connectivity index (χ2n) is 4.57. The van der Waals surface area contributed by atoms with E-state index in [4.69, 9.17) is 4.74 Å². The molecule has 0 bridgehead atoms. The molecule has 0 radical (unpaired) electrons. The van der Waals surface area contributed by atoms with Gasteiger partial charge in [-0.15, -0.1) is 0 Å². The second kappa shape index (κ2) is 7.85. The van der Waals surface area contributed by atoms with Crippen LogP contribution in [-0.4, -0.2) is 12.4 Å². The van der Waals surface area contributed by atoms with Gasteiger partial charge < -0.3 is 14.8 Å². The minimum atomic E-state index is -0.533. The molecule has 0 saturated carbocycles. The summed E-state index contributed by atoms with van der Waals surface area (Å²) in [6.07, 6.45) is 0.467. The topological polar surface area (TPSA) is 55.4 Å². The molecule has 0 heterocycles. The van der Waals surface area contributed by atoms with Crippen LogP contribution in [0.15, 0.2) is 60.7 Å². The number of ether oxygens (including phenoxy) is 1. The first-order valence-electron chi connectivity index (χ1n) is 6.75. The van der Waals surface area contributed by atoms with Crippen molar-refractivity contribution in [3.8, 4) is 0 Å². The minimum absolute atomic E-state index is 0.204. The van der Waals surface area contributed by atoms with Gasteiger partial charge in [-0.05, 0) is 11.1 Å². The van der Waals surface area contributed by atoms with Crippen molar-refractivity contribution in [2.45, 2.75) is 19.1 Å². The molecule has 0 aromatic heterocycles. The number of carbonyl (C=O) groups is 2. The smallest absolute Gasteiger partial charge is 0.407 e. The Hall–Kier alpha value is -2.62. The zero-order valence-corrected chi connectivity index (χ0v) is 11.6. The Morgan fingerprint density at radius 2 is 1.67 bits per heavy atom. The van der Waals surface area contributed by atoms with Crippen LogP contribution in [0, 0.1) is 0 Å². The van der Waals surface area contributed by atoms with Gasteiger partial charge in [0, 0.05) is 6.42 Å². The molecule has 0 aliphatic rings. The second-order valence-corrected chi connectivity index (χ2v) is 4.57. The Balaban J connectivity index is 1.91. The summed E-state index contributed by atoms with van der Waals surface area (Å²) >= 11 is 0. The lowest BCUT2D eigenvalue weighted by atomic mass is 10.1. The predicted molar refractivity (Wildman–Crippen MR) is 79.6 cm³/mol. The number of nitrogens with one attached hydrogen (secondary N) is 1. The fourth-order valence-electron chi connectivity index (χ4n) is 1.97. The van der Waals surface area contributed by atoms with Gasteiger partial charge in [0.1, 0.15) is 12.9 Å². The zero-order chi connectivity index (χ0) is 14.9. The van der Waals surface area contributed by atoms with E-state index in [0.717, 1.165) is 17.4 Å². The molecule has 0 unspecified atom stereocenters. The molecule has 0 aliphatic carbocycles. The van der Waals surface area contributed by atoms with Crippen molar-refractivity contribution in [1.29, 1.82) is 0 Å². The SMILES string of the molecule is O=CC[C@@H](NC(=O)OCc1ccccc1)c1ccccc1. The number of rotatable bonds is 6. The van der Waals surface area contributed by atoms with Crippen LogP contribution in [0.2, 0.25) is 0 Å². The van der Waals surface area contributed by atoms with E-state index in [2.05, 4.69) is 5.32 Å². The normalized spacial score (nSPS) is 11.4. The third-order valence-corrected chi connectivity index (χ3v) is 3.04. The number of hydrogen-bond acceptors (Lipinski definition) is 3. The van der Waals surface area contributed by atoms with Gasteiger partial charge in [-0.1, -0.05) is 60.7 Å². The molecule has 4 heteroatoms. The number of aldehydes is 1. The lowest BCUT2D eigenvalue weighted by Gasteiger charge is -2.16. The molecular formula is C17H17NO3. The number of benzene rings is 2. The first-order valence-corrected chi connectivity index (χ1v) is 6.75. The lowest BCUT2D eigenvalue weighted by Crippen LogP contribution is -2.29. The van der Waals surface area contributed by atoms with Gasteiger partial charge in [0.15, 0.2) is 0 Å². The summed E-state index contributed by atoms with van der Waals surface area (Å²) in [6, 6.07) is 18.4. The lowest BCUT2D eigenvalue weighted by molar-refractivity contribution is -0.108. The average molecular weight is 283 g/mol. The van der Waals surface area contributed by atoms with Crippen molar-refractivity contribution in [3.05, 3.63) is 71.8 Å². The van der Waals surface area contributed by atoms with Gasteiger partial charge in [-0.25, -0.2) is 4.79 Å². The van der Waals surface area contributed by atoms with Gasteiger partial charge in [0.2, 0.25) is 0 Å². The van der Waals surface area contributed by atoms with Crippen molar-refractivity contribution < 1.29 is 14.3 Å². The van der Waals surface area contributed by atoms with Crippen LogP contribution in [0.4, 0.5) is 4.79 Å². The van der Waals surface area contributed by atoms with Gasteiger partial charge >= 0.3 is 6.09 Å². The third-order valence-electron chi connectivity index (χ3n) is 3.04. The number of carbonyl (C=O) groups excluding carboxylic acids is 2. The van der Waals surface area contributed by atoms with E-state index in [9.17, 15) is 9.59 Å². The average Bonchev–Trinajstić information content (AvgIpc) is 2.54. The third kappa shape index (κ3) is 4.76. The summed E-state index contributed by atoms with van der Waals surface area (Å²) in [7, 11) is 0. The van der Waals surface area contributed by atoms with Crippen molar-refractivity contribution in [2.24, 2.45) is 0 Å². The standard InChI is InChI=1S/C17H17NO3/c19-12-11-16(15-9-5-2-6-10-15)18-17(20)21-13-14-7-3-1-4-8-14/h1-10,12,16H,11,13H2,(H,18,20)/t16-/m1/s1. The van der Waals surface area contributed by atoms with Crippen LogP contribution in [0.3, 0.4) is 0 Å². The predicted octanol–water partition coefficient (Wildman–Crippen LogP) is 3.24. The highest BCUT2D eigenvalue weighted by Crippen LogP contribution is 2.15. The zero-order valence-electron chi connectivity index (χ0n) is 11.6. The highest BCUT2D eigenvalue weighted by atomic mass is 16.5. The molecule has 1 N–H and O–H groups in total. The van der Waals surface area contributed by atoms with Crippen LogP contribution in [0.25, 0.3) is 0 Å². The molecule has 0 saturated heterocycles. The van der Waals surface area contributed by atoms with Crippen molar-refractivity contribution in [1.82, 2.24) is 5.32 Å². The monoisotopic (exact) mass is 283 g/mol. The van der Waals surface area contributed by atoms with Crippen molar-refractivity contribution >= 4 is 12.4 Å². The molecule has 2 aromatic rings. The highest BCUT2D eigenvalue weighted by Gasteiger charge is 2.14. The Kier molecular flexibility index (Phi) is 5.52. The Bertz CT molecular complexity index is 569. The molecule has 1 atom stereocenters. The van der Waals surface area contributed by atoms with Crippen LogP contribution in [0.5, 0.6) is 0 Å². The summed E-state index contributed by atoms with van der Waals surface area (Å²) < 4.78 is 5.16. The fraction of sp³-hybridized carbons (Fsp3) is 0.176. The molecule has 0 spiro atoms. The van der Waals surface area contributed by atoms with Crippen LogP contribution >= 0.6 is 0 Å². The van der Waals surface area contributed by atoms with Crippen LogP contribution in [0.1, 0.15) is 23.6 Å². The van der Waals surface area contributed by atoms with E-state index in [1.54, 1.807) is 0 Å². The van der Waals surface area contributed by atoms with Crippen molar-refractivity contribution in [3.63, 3.8) is 0 Å². The molecular weight excluding hydrogens is 266 g/mol. The van der Waals surface area contributed by atoms with Gasteiger partial charge in [0.25, 0.3) is 0 Å². The van der Waals surface area contributed by atoms with Gasteiger partial charge in [-0.3, -0.25) is 0 Å². The van der Waals surface area contributed by atoms with E-state index in [0.29, 0.717) is 0 Å². The highest BCUT2D eigenvalue weighted by molar-refractivity contribution is 5.68. The van der Waals surface area contributed by atoms with E-state index in [1.165, 1.54) is 0 Å².